The van der Waals surface area contributed by atoms with Crippen LogP contribution in [0.15, 0.2) is 15.8 Å². The Hall–Kier alpha value is -2.36. The molecule has 1 saturated heterocycles. The normalized spacial score (nSPS) is 23.8. The summed E-state index contributed by atoms with van der Waals surface area (Å²) in [7, 11) is 0. The lowest BCUT2D eigenvalue weighted by atomic mass is 9.92. The predicted octanol–water partition coefficient (Wildman–Crippen LogP) is 0.721. The number of likely N-dealkylation sites (tertiary alicyclic amines) is 1. The standard InChI is InChI=1S/C17H22N4O3/c1-11-5-12(2)8-19(7-11)15(22)10-21-16(23)13(6-18)9-20(17(21)24)14-3-4-14/h9,11-12,14H,3-5,7-8,10H2,1-2H3/t11-,12-/m0/s1. The van der Waals surface area contributed by atoms with Gasteiger partial charge in [-0.1, -0.05) is 13.8 Å². The van der Waals surface area contributed by atoms with E-state index in [1.807, 2.05) is 6.07 Å². The molecule has 1 amide bonds. The van der Waals surface area contributed by atoms with E-state index in [0.717, 1.165) is 23.8 Å². The summed E-state index contributed by atoms with van der Waals surface area (Å²) in [5.41, 5.74) is -1.26. The highest BCUT2D eigenvalue weighted by atomic mass is 16.2. The van der Waals surface area contributed by atoms with E-state index in [9.17, 15) is 14.4 Å². The first-order valence-electron chi connectivity index (χ1n) is 8.44. The first kappa shape index (κ1) is 16.5. The molecule has 7 nitrogen and oxygen atoms in total. The van der Waals surface area contributed by atoms with E-state index in [-0.39, 0.29) is 24.1 Å². The van der Waals surface area contributed by atoms with Crippen molar-refractivity contribution < 1.29 is 4.79 Å². The van der Waals surface area contributed by atoms with Crippen LogP contribution in [0.4, 0.5) is 0 Å². The van der Waals surface area contributed by atoms with Crippen molar-refractivity contribution in [1.29, 1.82) is 5.26 Å². The topological polar surface area (TPSA) is 88.1 Å². The van der Waals surface area contributed by atoms with Gasteiger partial charge in [-0.05, 0) is 31.1 Å². The lowest BCUT2D eigenvalue weighted by Gasteiger charge is -2.35. The predicted molar refractivity (Wildman–Crippen MR) is 87.5 cm³/mol. The zero-order valence-corrected chi connectivity index (χ0v) is 14.1. The molecule has 1 aliphatic heterocycles. The molecule has 1 aromatic rings. The number of carbonyl (C=O) groups is 1. The number of hydrogen-bond acceptors (Lipinski definition) is 4. The minimum atomic E-state index is -0.675. The maximum Gasteiger partial charge on any atom is 0.331 e. The largest absolute Gasteiger partial charge is 0.341 e. The molecule has 128 valence electrons. The minimum absolute atomic E-state index is 0.0431. The van der Waals surface area contributed by atoms with Gasteiger partial charge in [-0.15, -0.1) is 0 Å². The number of rotatable bonds is 3. The zero-order chi connectivity index (χ0) is 17.4. The van der Waals surface area contributed by atoms with Crippen molar-refractivity contribution in [3.8, 4) is 6.07 Å². The number of carbonyl (C=O) groups excluding carboxylic acids is 1. The number of nitriles is 1. The van der Waals surface area contributed by atoms with E-state index in [1.165, 1.54) is 10.8 Å². The van der Waals surface area contributed by atoms with E-state index in [1.54, 1.807) is 4.90 Å². The van der Waals surface area contributed by atoms with Crippen LogP contribution in [-0.4, -0.2) is 33.0 Å². The van der Waals surface area contributed by atoms with Gasteiger partial charge in [-0.3, -0.25) is 14.2 Å². The third-order valence-corrected chi connectivity index (χ3v) is 4.77. The lowest BCUT2D eigenvalue weighted by Crippen LogP contribution is -2.48. The Morgan fingerprint density at radius 3 is 2.42 bits per heavy atom. The van der Waals surface area contributed by atoms with Gasteiger partial charge >= 0.3 is 5.69 Å². The fourth-order valence-corrected chi connectivity index (χ4v) is 3.55. The molecule has 0 N–H and O–H groups in total. The van der Waals surface area contributed by atoms with Crippen molar-refractivity contribution in [2.24, 2.45) is 11.8 Å². The Morgan fingerprint density at radius 2 is 1.88 bits per heavy atom. The van der Waals surface area contributed by atoms with Crippen LogP contribution >= 0.6 is 0 Å². The van der Waals surface area contributed by atoms with Crippen LogP contribution in [0.5, 0.6) is 0 Å². The monoisotopic (exact) mass is 330 g/mol. The molecule has 2 fully saturated rings. The summed E-state index contributed by atoms with van der Waals surface area (Å²) in [5, 5.41) is 9.14. The molecule has 24 heavy (non-hydrogen) atoms. The Bertz CT molecular complexity index is 803. The number of piperidine rings is 1. The fraction of sp³-hybridized carbons (Fsp3) is 0.647. The molecular formula is C17H22N4O3. The lowest BCUT2D eigenvalue weighted by molar-refractivity contribution is -0.134. The second-order valence-corrected chi connectivity index (χ2v) is 7.21. The summed E-state index contributed by atoms with van der Waals surface area (Å²) in [6.45, 7) is 5.19. The summed E-state index contributed by atoms with van der Waals surface area (Å²) in [6.07, 6.45) is 4.12. The number of aromatic nitrogens is 2. The summed E-state index contributed by atoms with van der Waals surface area (Å²) in [6, 6.07) is 1.88. The molecule has 2 aliphatic rings. The Morgan fingerprint density at radius 1 is 1.25 bits per heavy atom. The van der Waals surface area contributed by atoms with Crippen molar-refractivity contribution in [3.05, 3.63) is 32.6 Å². The van der Waals surface area contributed by atoms with Gasteiger partial charge in [-0.25, -0.2) is 9.36 Å². The maximum absolute atomic E-state index is 12.6. The molecule has 7 heteroatoms. The van der Waals surface area contributed by atoms with Crippen LogP contribution in [0.3, 0.4) is 0 Å². The average molecular weight is 330 g/mol. The molecule has 3 rings (SSSR count). The zero-order valence-electron chi connectivity index (χ0n) is 14.1. The fourth-order valence-electron chi connectivity index (χ4n) is 3.55. The minimum Gasteiger partial charge on any atom is -0.341 e. The van der Waals surface area contributed by atoms with Gasteiger partial charge in [-0.2, -0.15) is 5.26 Å². The number of amides is 1. The number of nitrogens with zero attached hydrogens (tertiary/aromatic N) is 4. The van der Waals surface area contributed by atoms with Gasteiger partial charge in [0.25, 0.3) is 5.56 Å². The van der Waals surface area contributed by atoms with Crippen LogP contribution in [0.2, 0.25) is 0 Å². The van der Waals surface area contributed by atoms with Gasteiger partial charge in [0.1, 0.15) is 18.2 Å². The molecular weight excluding hydrogens is 308 g/mol. The van der Waals surface area contributed by atoms with Gasteiger partial charge in [0.2, 0.25) is 5.91 Å². The molecule has 1 aliphatic carbocycles. The first-order chi connectivity index (χ1) is 11.4. The van der Waals surface area contributed by atoms with Crippen LogP contribution in [0.25, 0.3) is 0 Å². The van der Waals surface area contributed by atoms with E-state index in [4.69, 9.17) is 5.26 Å². The van der Waals surface area contributed by atoms with Gasteiger partial charge in [0.05, 0.1) is 0 Å². The van der Waals surface area contributed by atoms with E-state index in [0.29, 0.717) is 24.9 Å². The van der Waals surface area contributed by atoms with Crippen molar-refractivity contribution in [3.63, 3.8) is 0 Å². The molecule has 0 spiro atoms. The maximum atomic E-state index is 12.6. The van der Waals surface area contributed by atoms with Crippen LogP contribution in [-0.2, 0) is 11.3 Å². The highest BCUT2D eigenvalue weighted by Gasteiger charge is 2.29. The van der Waals surface area contributed by atoms with Crippen LogP contribution in [0, 0.1) is 23.2 Å². The Kier molecular flexibility index (Phi) is 4.31. The average Bonchev–Trinajstić information content (AvgIpc) is 3.35. The van der Waals surface area contributed by atoms with Crippen LogP contribution in [0.1, 0.15) is 44.7 Å². The van der Waals surface area contributed by atoms with Crippen molar-refractivity contribution in [2.75, 3.05) is 13.1 Å². The third kappa shape index (κ3) is 3.14. The Labute approximate surface area is 140 Å². The first-order valence-corrected chi connectivity index (χ1v) is 8.44. The summed E-state index contributed by atoms with van der Waals surface area (Å²) in [4.78, 5) is 39.2. The molecule has 2 atom stereocenters. The van der Waals surface area contributed by atoms with Gasteiger partial charge < -0.3 is 4.90 Å². The summed E-state index contributed by atoms with van der Waals surface area (Å²) in [5.74, 6) is 0.580. The highest BCUT2D eigenvalue weighted by molar-refractivity contribution is 5.76. The smallest absolute Gasteiger partial charge is 0.331 e. The third-order valence-electron chi connectivity index (χ3n) is 4.77. The number of hydrogen-bond donors (Lipinski definition) is 0. The Balaban J connectivity index is 1.91. The quantitative estimate of drug-likeness (QED) is 0.817. The van der Waals surface area contributed by atoms with E-state index < -0.39 is 11.2 Å². The van der Waals surface area contributed by atoms with Gasteiger partial charge in [0, 0.05) is 25.3 Å². The SMILES string of the molecule is C[C@H]1C[C@H](C)CN(C(=O)Cn2c(=O)c(C#N)cn(C3CC3)c2=O)C1. The molecule has 0 radical (unpaired) electrons. The summed E-state index contributed by atoms with van der Waals surface area (Å²) < 4.78 is 2.35. The molecule has 0 bridgehead atoms. The van der Waals surface area contributed by atoms with Crippen LogP contribution < -0.4 is 11.2 Å². The molecule has 0 unspecified atom stereocenters. The second-order valence-electron chi connectivity index (χ2n) is 7.21. The second kappa shape index (κ2) is 6.27. The summed E-state index contributed by atoms with van der Waals surface area (Å²) >= 11 is 0. The van der Waals surface area contributed by atoms with Crippen molar-refractivity contribution in [1.82, 2.24) is 14.0 Å². The van der Waals surface area contributed by atoms with Crippen molar-refractivity contribution >= 4 is 5.91 Å². The molecule has 2 heterocycles. The van der Waals surface area contributed by atoms with E-state index in [2.05, 4.69) is 13.8 Å². The highest BCUT2D eigenvalue weighted by Crippen LogP contribution is 2.33. The van der Waals surface area contributed by atoms with E-state index >= 15 is 0 Å². The molecule has 0 aromatic carbocycles. The van der Waals surface area contributed by atoms with Gasteiger partial charge in [0.15, 0.2) is 0 Å². The molecule has 1 saturated carbocycles. The van der Waals surface area contributed by atoms with Crippen molar-refractivity contribution in [2.45, 2.75) is 45.7 Å². The molecule has 1 aromatic heterocycles.